The van der Waals surface area contributed by atoms with E-state index in [1.54, 1.807) is 16.5 Å². The molecule has 1 saturated heterocycles. The van der Waals surface area contributed by atoms with Gasteiger partial charge in [0.15, 0.2) is 5.13 Å². The summed E-state index contributed by atoms with van der Waals surface area (Å²) >= 11 is 1.36. The third kappa shape index (κ3) is 7.50. The lowest BCUT2D eigenvalue weighted by Crippen LogP contribution is -2.46. The number of ether oxygens (including phenoxy) is 1. The van der Waals surface area contributed by atoms with Crippen molar-refractivity contribution in [3.8, 4) is 0 Å². The van der Waals surface area contributed by atoms with E-state index in [9.17, 15) is 9.59 Å². The molecule has 1 fully saturated rings. The van der Waals surface area contributed by atoms with Gasteiger partial charge in [-0.1, -0.05) is 20.8 Å². The monoisotopic (exact) mass is 368 g/mol. The largest absolute Gasteiger partial charge is 0.379 e. The Bertz CT molecular complexity index is 551. The summed E-state index contributed by atoms with van der Waals surface area (Å²) in [6.07, 6.45) is 2.06. The van der Waals surface area contributed by atoms with Crippen LogP contribution in [0.2, 0.25) is 0 Å². The van der Waals surface area contributed by atoms with Crippen molar-refractivity contribution in [1.82, 2.24) is 14.8 Å². The second kappa shape index (κ2) is 9.26. The molecule has 0 radical (unpaired) electrons. The highest BCUT2D eigenvalue weighted by atomic mass is 32.1. The van der Waals surface area contributed by atoms with E-state index >= 15 is 0 Å². The summed E-state index contributed by atoms with van der Waals surface area (Å²) in [4.78, 5) is 32.9. The zero-order valence-electron chi connectivity index (χ0n) is 15.3. The molecule has 0 bridgehead atoms. The minimum absolute atomic E-state index is 0.00930. The lowest BCUT2D eigenvalue weighted by atomic mass is 9.91. The maximum Gasteiger partial charge on any atom is 0.245 e. The standard InChI is InChI=1S/C17H28N4O3S/c1-17(2,3)12-15(23)21(6-5-20-7-9-24-10-8-20)13-14(22)19-16-18-4-11-25-16/h4,11H,5-10,12-13H2,1-3H3,(H,18,19,22). The van der Waals surface area contributed by atoms with E-state index in [2.05, 4.69) is 15.2 Å². The Morgan fingerprint density at radius 3 is 2.68 bits per heavy atom. The van der Waals surface area contributed by atoms with Crippen LogP contribution in [-0.4, -0.2) is 72.5 Å². The van der Waals surface area contributed by atoms with Crippen LogP contribution in [0.3, 0.4) is 0 Å². The van der Waals surface area contributed by atoms with E-state index in [0.29, 0.717) is 18.1 Å². The molecule has 1 aromatic rings. The summed E-state index contributed by atoms with van der Waals surface area (Å²) in [5, 5.41) is 5.11. The van der Waals surface area contributed by atoms with Crippen LogP contribution in [0, 0.1) is 5.41 Å². The molecule has 140 valence electrons. The second-order valence-electron chi connectivity index (χ2n) is 7.39. The molecule has 0 atom stereocenters. The molecule has 1 aromatic heterocycles. The van der Waals surface area contributed by atoms with Crippen LogP contribution < -0.4 is 5.32 Å². The van der Waals surface area contributed by atoms with Gasteiger partial charge in [0.25, 0.3) is 0 Å². The van der Waals surface area contributed by atoms with E-state index in [-0.39, 0.29) is 23.8 Å². The number of nitrogens with zero attached hydrogens (tertiary/aromatic N) is 3. The van der Waals surface area contributed by atoms with E-state index < -0.39 is 0 Å². The first-order valence-electron chi connectivity index (χ1n) is 8.61. The molecule has 1 aliphatic heterocycles. The lowest BCUT2D eigenvalue weighted by molar-refractivity contribution is -0.136. The molecule has 1 aliphatic rings. The number of rotatable bonds is 7. The minimum Gasteiger partial charge on any atom is -0.379 e. The zero-order valence-corrected chi connectivity index (χ0v) is 16.1. The number of carbonyl (C=O) groups excluding carboxylic acids is 2. The number of aromatic nitrogens is 1. The van der Waals surface area contributed by atoms with Crippen LogP contribution in [0.15, 0.2) is 11.6 Å². The van der Waals surface area contributed by atoms with Crippen molar-refractivity contribution in [3.05, 3.63) is 11.6 Å². The molecule has 0 spiro atoms. The maximum atomic E-state index is 12.7. The van der Waals surface area contributed by atoms with Gasteiger partial charge in [0.2, 0.25) is 11.8 Å². The Morgan fingerprint density at radius 1 is 1.36 bits per heavy atom. The van der Waals surface area contributed by atoms with E-state index in [0.717, 1.165) is 32.8 Å². The molecule has 2 amide bonds. The summed E-state index contributed by atoms with van der Waals surface area (Å²) in [6.45, 7) is 10.6. The highest BCUT2D eigenvalue weighted by Gasteiger charge is 2.24. The normalized spacial score (nSPS) is 15.8. The molecule has 0 unspecified atom stereocenters. The van der Waals surface area contributed by atoms with E-state index in [1.165, 1.54) is 11.3 Å². The summed E-state index contributed by atoms with van der Waals surface area (Å²) < 4.78 is 5.35. The van der Waals surface area contributed by atoms with Crippen LogP contribution in [0.25, 0.3) is 0 Å². The summed E-state index contributed by atoms with van der Waals surface area (Å²) in [5.74, 6) is -0.200. The molecule has 1 N–H and O–H groups in total. The number of hydrogen-bond donors (Lipinski definition) is 1. The number of morpholine rings is 1. The SMILES string of the molecule is CC(C)(C)CC(=O)N(CCN1CCOCC1)CC(=O)Nc1nccs1. The first-order chi connectivity index (χ1) is 11.8. The fourth-order valence-electron chi connectivity index (χ4n) is 2.56. The second-order valence-corrected chi connectivity index (χ2v) is 8.29. The summed E-state index contributed by atoms with van der Waals surface area (Å²) in [6, 6.07) is 0. The van der Waals surface area contributed by atoms with Gasteiger partial charge in [-0.05, 0) is 5.41 Å². The van der Waals surface area contributed by atoms with E-state index in [4.69, 9.17) is 4.74 Å². The number of thiazole rings is 1. The van der Waals surface area contributed by atoms with Gasteiger partial charge >= 0.3 is 0 Å². The minimum atomic E-state index is -0.209. The first kappa shape index (κ1) is 19.8. The van der Waals surface area contributed by atoms with E-state index in [1.807, 2.05) is 20.8 Å². The Morgan fingerprint density at radius 2 is 2.08 bits per heavy atom. The third-order valence-electron chi connectivity index (χ3n) is 3.84. The lowest BCUT2D eigenvalue weighted by Gasteiger charge is -2.31. The van der Waals surface area contributed by atoms with Crippen LogP contribution >= 0.6 is 11.3 Å². The van der Waals surface area contributed by atoms with Gasteiger partial charge in [0, 0.05) is 44.2 Å². The van der Waals surface area contributed by atoms with Crippen LogP contribution in [0.4, 0.5) is 5.13 Å². The van der Waals surface area contributed by atoms with Crippen molar-refractivity contribution in [2.24, 2.45) is 5.41 Å². The summed E-state index contributed by atoms with van der Waals surface area (Å²) in [7, 11) is 0. The molecule has 0 aromatic carbocycles. The van der Waals surface area contributed by atoms with Crippen molar-refractivity contribution in [1.29, 1.82) is 0 Å². The topological polar surface area (TPSA) is 74.8 Å². The van der Waals surface area contributed by atoms with Gasteiger partial charge in [0.1, 0.15) is 0 Å². The quantitative estimate of drug-likeness (QED) is 0.793. The Hall–Kier alpha value is -1.51. The predicted octanol–water partition coefficient (Wildman–Crippen LogP) is 1.68. The highest BCUT2D eigenvalue weighted by Crippen LogP contribution is 2.20. The number of carbonyl (C=O) groups is 2. The first-order valence-corrected chi connectivity index (χ1v) is 9.49. The summed E-state index contributed by atoms with van der Waals surface area (Å²) in [5.41, 5.74) is -0.111. The van der Waals surface area contributed by atoms with Crippen LogP contribution in [0.5, 0.6) is 0 Å². The van der Waals surface area contributed by atoms with Gasteiger partial charge in [0.05, 0.1) is 19.8 Å². The molecular formula is C17H28N4O3S. The van der Waals surface area contributed by atoms with Gasteiger partial charge in [-0.2, -0.15) is 0 Å². The zero-order chi connectivity index (χ0) is 18.3. The predicted molar refractivity (Wildman–Crippen MR) is 98.7 cm³/mol. The van der Waals surface area contributed by atoms with Crippen molar-refractivity contribution in [2.45, 2.75) is 27.2 Å². The Balaban J connectivity index is 1.92. The average molecular weight is 369 g/mol. The van der Waals surface area contributed by atoms with Gasteiger partial charge in [-0.3, -0.25) is 14.5 Å². The number of anilines is 1. The number of amides is 2. The number of hydrogen-bond acceptors (Lipinski definition) is 6. The number of nitrogens with one attached hydrogen (secondary N) is 1. The van der Waals surface area contributed by atoms with Crippen molar-refractivity contribution in [2.75, 3.05) is 51.3 Å². The van der Waals surface area contributed by atoms with Crippen molar-refractivity contribution in [3.63, 3.8) is 0 Å². The van der Waals surface area contributed by atoms with Gasteiger partial charge in [-0.25, -0.2) is 4.98 Å². The molecule has 2 heterocycles. The highest BCUT2D eigenvalue weighted by molar-refractivity contribution is 7.13. The molecular weight excluding hydrogens is 340 g/mol. The van der Waals surface area contributed by atoms with Crippen LogP contribution in [0.1, 0.15) is 27.2 Å². The van der Waals surface area contributed by atoms with Crippen LogP contribution in [-0.2, 0) is 14.3 Å². The van der Waals surface area contributed by atoms with Gasteiger partial charge in [-0.15, -0.1) is 11.3 Å². The molecule has 0 saturated carbocycles. The maximum absolute atomic E-state index is 12.7. The van der Waals surface area contributed by atoms with Crippen molar-refractivity contribution < 1.29 is 14.3 Å². The molecule has 7 nitrogen and oxygen atoms in total. The fourth-order valence-corrected chi connectivity index (χ4v) is 3.11. The molecule has 2 rings (SSSR count). The molecule has 0 aliphatic carbocycles. The molecule has 25 heavy (non-hydrogen) atoms. The third-order valence-corrected chi connectivity index (χ3v) is 4.53. The van der Waals surface area contributed by atoms with Crippen molar-refractivity contribution >= 4 is 28.3 Å². The Kier molecular flexibility index (Phi) is 7.34. The average Bonchev–Trinajstić information content (AvgIpc) is 3.03. The van der Waals surface area contributed by atoms with Gasteiger partial charge < -0.3 is 15.0 Å². The smallest absolute Gasteiger partial charge is 0.245 e. The Labute approximate surface area is 153 Å². The molecule has 8 heteroatoms. The fraction of sp³-hybridized carbons (Fsp3) is 0.706.